The van der Waals surface area contributed by atoms with Crippen molar-refractivity contribution >= 4 is 0 Å². The zero-order valence-electron chi connectivity index (χ0n) is 10.7. The van der Waals surface area contributed by atoms with E-state index in [1.807, 2.05) is 6.92 Å². The molecule has 0 amide bonds. The molecule has 2 atom stereocenters. The molecule has 0 aromatic heterocycles. The van der Waals surface area contributed by atoms with Crippen LogP contribution in [0.5, 0.6) is 0 Å². The highest BCUT2D eigenvalue weighted by molar-refractivity contribution is 4.94. The molecule has 1 rings (SSSR count). The van der Waals surface area contributed by atoms with E-state index in [1.54, 1.807) is 0 Å². The lowest BCUT2D eigenvalue weighted by atomic mass is 10.2. The molecule has 1 aliphatic heterocycles. The molecule has 0 bridgehead atoms. The summed E-state index contributed by atoms with van der Waals surface area (Å²) in [5, 5.41) is 12.3. The van der Waals surface area contributed by atoms with E-state index < -0.39 is 0 Å². The highest BCUT2D eigenvalue weighted by atomic mass is 15.2. The largest absolute Gasteiger partial charge is 0.308 e. The van der Waals surface area contributed by atoms with Crippen LogP contribution < -0.4 is 5.32 Å². The van der Waals surface area contributed by atoms with Crippen LogP contribution >= 0.6 is 0 Å². The van der Waals surface area contributed by atoms with E-state index in [4.69, 9.17) is 5.26 Å². The fraction of sp³-hybridized carbons (Fsp3) is 0.917. The van der Waals surface area contributed by atoms with Crippen molar-refractivity contribution in [3.05, 3.63) is 0 Å². The van der Waals surface area contributed by atoms with Crippen LogP contribution in [-0.2, 0) is 0 Å². The molecule has 1 fully saturated rings. The van der Waals surface area contributed by atoms with E-state index >= 15 is 0 Å². The van der Waals surface area contributed by atoms with Gasteiger partial charge >= 0.3 is 0 Å². The minimum atomic E-state index is -0.0206. The van der Waals surface area contributed by atoms with Crippen molar-refractivity contribution in [2.24, 2.45) is 0 Å². The number of rotatable bonds is 6. The van der Waals surface area contributed by atoms with E-state index in [-0.39, 0.29) is 6.04 Å². The Labute approximate surface area is 99.2 Å². The molecule has 0 aliphatic carbocycles. The second-order valence-electron chi connectivity index (χ2n) is 4.79. The zero-order chi connectivity index (χ0) is 12.0. The summed E-state index contributed by atoms with van der Waals surface area (Å²) in [5.74, 6) is 0. The fourth-order valence-corrected chi connectivity index (χ4v) is 2.40. The van der Waals surface area contributed by atoms with Gasteiger partial charge < -0.3 is 10.2 Å². The summed E-state index contributed by atoms with van der Waals surface area (Å²) in [6.07, 6.45) is 2.53. The van der Waals surface area contributed by atoms with E-state index in [9.17, 15) is 0 Å². The molecular formula is C12H24N4. The van der Waals surface area contributed by atoms with Crippen molar-refractivity contribution in [3.63, 3.8) is 0 Å². The molecule has 1 heterocycles. The van der Waals surface area contributed by atoms with Gasteiger partial charge in [0.05, 0.1) is 6.07 Å². The first-order chi connectivity index (χ1) is 7.67. The van der Waals surface area contributed by atoms with Gasteiger partial charge in [0.1, 0.15) is 6.04 Å². The molecule has 0 radical (unpaired) electrons. The average Bonchev–Trinajstić information content (AvgIpc) is 2.64. The molecule has 92 valence electrons. The lowest BCUT2D eigenvalue weighted by molar-refractivity contribution is 0.199. The van der Waals surface area contributed by atoms with Crippen molar-refractivity contribution < 1.29 is 0 Å². The van der Waals surface area contributed by atoms with E-state index in [2.05, 4.69) is 35.3 Å². The SMILES string of the molecule is CCNC(C#N)CN1CCCC1CN(C)C. The highest BCUT2D eigenvalue weighted by Crippen LogP contribution is 2.17. The predicted molar refractivity (Wildman–Crippen MR) is 66.2 cm³/mol. The first-order valence-electron chi connectivity index (χ1n) is 6.19. The highest BCUT2D eigenvalue weighted by Gasteiger charge is 2.26. The average molecular weight is 224 g/mol. The number of nitrogens with zero attached hydrogens (tertiary/aromatic N) is 3. The first-order valence-corrected chi connectivity index (χ1v) is 6.19. The predicted octanol–water partition coefficient (Wildman–Crippen LogP) is 0.514. The lowest BCUT2D eigenvalue weighted by Gasteiger charge is -2.28. The van der Waals surface area contributed by atoms with Gasteiger partial charge in [-0.2, -0.15) is 5.26 Å². The summed E-state index contributed by atoms with van der Waals surface area (Å²) in [6.45, 7) is 6.02. The summed E-state index contributed by atoms with van der Waals surface area (Å²) in [4.78, 5) is 4.69. The Hall–Kier alpha value is -0.630. The molecular weight excluding hydrogens is 200 g/mol. The Morgan fingerprint density at radius 2 is 2.31 bits per heavy atom. The maximum absolute atomic E-state index is 9.04. The van der Waals surface area contributed by atoms with Gasteiger partial charge in [-0.25, -0.2) is 0 Å². The van der Waals surface area contributed by atoms with Crippen molar-refractivity contribution in [2.75, 3.05) is 40.3 Å². The van der Waals surface area contributed by atoms with Crippen molar-refractivity contribution in [2.45, 2.75) is 31.8 Å². The number of nitriles is 1. The van der Waals surface area contributed by atoms with Gasteiger partial charge in [-0.05, 0) is 40.0 Å². The maximum atomic E-state index is 9.04. The molecule has 4 nitrogen and oxygen atoms in total. The quantitative estimate of drug-likeness (QED) is 0.714. The monoisotopic (exact) mass is 224 g/mol. The van der Waals surface area contributed by atoms with Crippen LogP contribution in [0.2, 0.25) is 0 Å². The summed E-state index contributed by atoms with van der Waals surface area (Å²) in [6, 6.07) is 2.95. The topological polar surface area (TPSA) is 42.3 Å². The third-order valence-electron chi connectivity index (χ3n) is 3.10. The van der Waals surface area contributed by atoms with Crippen LogP contribution in [0.1, 0.15) is 19.8 Å². The Morgan fingerprint density at radius 3 is 2.88 bits per heavy atom. The van der Waals surface area contributed by atoms with Gasteiger partial charge in [0, 0.05) is 19.1 Å². The molecule has 0 spiro atoms. The van der Waals surface area contributed by atoms with Gasteiger partial charge in [-0.1, -0.05) is 6.92 Å². The van der Waals surface area contributed by atoms with Crippen LogP contribution in [0.3, 0.4) is 0 Å². The second kappa shape index (κ2) is 6.85. The molecule has 0 aromatic rings. The van der Waals surface area contributed by atoms with Crippen LogP contribution in [0.4, 0.5) is 0 Å². The molecule has 0 aromatic carbocycles. The fourth-order valence-electron chi connectivity index (χ4n) is 2.40. The number of hydrogen-bond acceptors (Lipinski definition) is 4. The summed E-state index contributed by atoms with van der Waals surface area (Å²) in [7, 11) is 4.23. The lowest BCUT2D eigenvalue weighted by Crippen LogP contribution is -2.45. The Bertz CT molecular complexity index is 234. The van der Waals surface area contributed by atoms with E-state index in [0.717, 1.165) is 26.2 Å². The van der Waals surface area contributed by atoms with Crippen LogP contribution in [0.15, 0.2) is 0 Å². The van der Waals surface area contributed by atoms with Gasteiger partial charge in [0.15, 0.2) is 0 Å². The van der Waals surface area contributed by atoms with Gasteiger partial charge in [0.25, 0.3) is 0 Å². The van der Waals surface area contributed by atoms with Gasteiger partial charge in [-0.15, -0.1) is 0 Å². The summed E-state index contributed by atoms with van der Waals surface area (Å²) >= 11 is 0. The second-order valence-corrected chi connectivity index (χ2v) is 4.79. The number of likely N-dealkylation sites (tertiary alicyclic amines) is 1. The molecule has 16 heavy (non-hydrogen) atoms. The van der Waals surface area contributed by atoms with E-state index in [1.165, 1.54) is 12.8 Å². The van der Waals surface area contributed by atoms with Gasteiger partial charge in [-0.3, -0.25) is 4.90 Å². The minimum absolute atomic E-state index is 0.0206. The summed E-state index contributed by atoms with van der Waals surface area (Å²) < 4.78 is 0. The zero-order valence-corrected chi connectivity index (χ0v) is 10.7. The number of likely N-dealkylation sites (N-methyl/N-ethyl adjacent to an activating group) is 2. The smallest absolute Gasteiger partial charge is 0.108 e. The number of nitrogens with one attached hydrogen (secondary N) is 1. The summed E-state index contributed by atoms with van der Waals surface area (Å²) in [5.41, 5.74) is 0. The van der Waals surface area contributed by atoms with Crippen LogP contribution in [-0.4, -0.2) is 62.2 Å². The van der Waals surface area contributed by atoms with Crippen molar-refractivity contribution in [1.82, 2.24) is 15.1 Å². The molecule has 2 unspecified atom stereocenters. The van der Waals surface area contributed by atoms with Crippen LogP contribution in [0, 0.1) is 11.3 Å². The number of hydrogen-bond donors (Lipinski definition) is 1. The standard InChI is InChI=1S/C12H24N4/c1-4-14-11(8-13)9-16-7-5-6-12(16)10-15(2)3/h11-12,14H,4-7,9-10H2,1-3H3. The Kier molecular flexibility index (Phi) is 5.75. The third kappa shape index (κ3) is 4.09. The molecule has 1 saturated heterocycles. The van der Waals surface area contributed by atoms with Crippen molar-refractivity contribution in [1.29, 1.82) is 5.26 Å². The Balaban J connectivity index is 2.42. The van der Waals surface area contributed by atoms with Crippen molar-refractivity contribution in [3.8, 4) is 6.07 Å². The maximum Gasteiger partial charge on any atom is 0.108 e. The van der Waals surface area contributed by atoms with Crippen LogP contribution in [0.25, 0.3) is 0 Å². The van der Waals surface area contributed by atoms with Gasteiger partial charge in [0.2, 0.25) is 0 Å². The minimum Gasteiger partial charge on any atom is -0.308 e. The molecule has 1 aliphatic rings. The molecule has 4 heteroatoms. The third-order valence-corrected chi connectivity index (χ3v) is 3.10. The molecule has 1 N–H and O–H groups in total. The van der Waals surface area contributed by atoms with E-state index in [0.29, 0.717) is 6.04 Å². The molecule has 0 saturated carbocycles. The first kappa shape index (κ1) is 13.4. The Morgan fingerprint density at radius 1 is 1.56 bits per heavy atom. The normalized spacial score (nSPS) is 23.6.